The summed E-state index contributed by atoms with van der Waals surface area (Å²) in [4.78, 5) is 19.7. The number of unbranched alkanes of at least 4 members (excludes halogenated alkanes) is 5. The number of likely N-dealkylation sites (N-methyl/N-ethyl adjacent to an activating group) is 1. The maximum atomic E-state index is 5.23. The Balaban J connectivity index is 0.916. The number of aryl methyl sites for hydroxylation is 2. The number of rotatable bonds is 17. The smallest absolute Gasteiger partial charge is 0.242 e. The van der Waals surface area contributed by atoms with E-state index in [-0.39, 0.29) is 0 Å². The lowest BCUT2D eigenvalue weighted by Gasteiger charge is -2.26. The van der Waals surface area contributed by atoms with Crippen LogP contribution in [-0.2, 0) is 0 Å². The Hall–Kier alpha value is -5.99. The maximum Gasteiger partial charge on any atom is 0.242 e. The molecular weight excluding hydrogens is 761 g/mol. The van der Waals surface area contributed by atoms with Crippen LogP contribution in [0.1, 0.15) is 68.6 Å². The number of hydrogen-bond acceptors (Lipinski definition) is 6. The third kappa shape index (κ3) is 9.87. The second-order valence-corrected chi connectivity index (χ2v) is 17.7. The first-order valence-corrected chi connectivity index (χ1v) is 22.5. The second-order valence-electron chi connectivity index (χ2n) is 17.7. The first-order valence-electron chi connectivity index (χ1n) is 22.5. The van der Waals surface area contributed by atoms with E-state index < -0.39 is 0 Å². The topological polar surface area (TPSA) is 58.7 Å². The van der Waals surface area contributed by atoms with Crippen LogP contribution in [-0.4, -0.2) is 71.0 Å². The lowest BCUT2D eigenvalue weighted by Crippen LogP contribution is -2.71. The quantitative estimate of drug-likeness (QED) is 0.0430. The van der Waals surface area contributed by atoms with Gasteiger partial charge in [0.1, 0.15) is 22.4 Å². The van der Waals surface area contributed by atoms with E-state index in [2.05, 4.69) is 209 Å². The van der Waals surface area contributed by atoms with Crippen LogP contribution in [0.15, 0.2) is 125 Å². The zero-order chi connectivity index (χ0) is 43.9. The standard InChI is InChI=1S/C54H67N8/c1-38-35-43(55-45-28-31-49(58(5)6)40(3)53(45)56-42-23-17-15-18-24-42)27-30-48(38)60(9)33-21-13-11-12-14-22-34-61(10)51-37-52-47(36-39(51)2)57-46-29-32-50(59(7)8)41(4)54(46)62(52)44-25-19-16-20-26-44/h15-20,23-26,28-32,35-37,56H,11-14,21-22,27,33-34H2,1-10H3/q+1/p+1. The fourth-order valence-electron chi connectivity index (χ4n) is 9.24. The highest BCUT2D eigenvalue weighted by atomic mass is 15.1. The van der Waals surface area contributed by atoms with Crippen LogP contribution in [0.3, 0.4) is 0 Å². The van der Waals surface area contributed by atoms with Gasteiger partial charge >= 0.3 is 0 Å². The van der Waals surface area contributed by atoms with Crippen molar-refractivity contribution in [3.8, 4) is 5.69 Å². The number of aliphatic imine (C=N–C) groups is 1. The number of fused-ring (bicyclic) bond motifs is 2. The number of allylic oxidation sites excluding steroid dienone is 3. The predicted molar refractivity (Wildman–Crippen MR) is 265 cm³/mol. The Bertz CT molecular complexity index is 2610. The van der Waals surface area contributed by atoms with E-state index >= 15 is 0 Å². The Morgan fingerprint density at radius 1 is 0.629 bits per heavy atom. The molecular formula is C54H68N8+2. The number of nitrogens with two attached hydrogens (primary N) is 1. The summed E-state index contributed by atoms with van der Waals surface area (Å²) in [5.74, 6) is 0. The van der Waals surface area contributed by atoms with Gasteiger partial charge in [0, 0.05) is 120 Å². The minimum Gasteiger partial charge on any atom is -0.377 e. The van der Waals surface area contributed by atoms with Crippen molar-refractivity contribution in [2.24, 2.45) is 4.99 Å². The van der Waals surface area contributed by atoms with Gasteiger partial charge in [-0.15, -0.1) is 4.57 Å². The van der Waals surface area contributed by atoms with Crippen LogP contribution in [0.4, 0.5) is 34.1 Å². The average Bonchev–Trinajstić information content (AvgIpc) is 3.25. The summed E-state index contributed by atoms with van der Waals surface area (Å²) >= 11 is 0. The Kier molecular flexibility index (Phi) is 14.1. The molecule has 0 unspecified atom stereocenters. The van der Waals surface area contributed by atoms with Gasteiger partial charge in [-0.05, 0) is 100 Å². The third-order valence-electron chi connectivity index (χ3n) is 12.5. The van der Waals surface area contributed by atoms with Crippen molar-refractivity contribution in [1.82, 2.24) is 9.88 Å². The average molecular weight is 829 g/mol. The molecule has 6 aromatic rings. The largest absolute Gasteiger partial charge is 0.377 e. The summed E-state index contributed by atoms with van der Waals surface area (Å²) in [6.45, 7) is 11.0. The van der Waals surface area contributed by atoms with Gasteiger partial charge in [-0.1, -0.05) is 68.2 Å². The molecule has 0 radical (unpaired) electrons. The van der Waals surface area contributed by atoms with Crippen LogP contribution in [0.2, 0.25) is 0 Å². The first kappa shape index (κ1) is 44.1. The summed E-state index contributed by atoms with van der Waals surface area (Å²) in [6.07, 6.45) is 12.9. The third-order valence-corrected chi connectivity index (χ3v) is 12.5. The van der Waals surface area contributed by atoms with Crippen LogP contribution in [0.25, 0.3) is 27.8 Å². The molecule has 0 saturated heterocycles. The molecule has 0 amide bonds. The van der Waals surface area contributed by atoms with Crippen LogP contribution >= 0.6 is 0 Å². The fraction of sp³-hybridized carbons (Fsp3) is 0.352. The van der Waals surface area contributed by atoms with Crippen molar-refractivity contribution in [3.05, 3.63) is 137 Å². The summed E-state index contributed by atoms with van der Waals surface area (Å²) in [6, 6.07) is 34.6. The van der Waals surface area contributed by atoms with Gasteiger partial charge in [0.15, 0.2) is 5.69 Å². The number of quaternary nitrogens is 1. The van der Waals surface area contributed by atoms with Gasteiger partial charge in [-0.3, -0.25) is 5.32 Å². The van der Waals surface area contributed by atoms with Crippen LogP contribution in [0, 0.1) is 20.8 Å². The lowest BCUT2D eigenvalue weighted by atomic mass is 10.0. The molecule has 0 saturated carbocycles. The van der Waals surface area contributed by atoms with Crippen molar-refractivity contribution >= 4 is 61.9 Å². The maximum absolute atomic E-state index is 5.23. The number of anilines is 3. The van der Waals surface area contributed by atoms with Crippen LogP contribution in [0.5, 0.6) is 0 Å². The van der Waals surface area contributed by atoms with E-state index in [1.54, 1.807) is 0 Å². The van der Waals surface area contributed by atoms with E-state index in [0.29, 0.717) is 0 Å². The molecule has 1 aromatic heterocycles. The SMILES string of the molecule is CC1=CC(=Nc2ccc(N(C)C)c(C)c2[NH2+]c2ccccc2)CC=C1N(C)CCCCCCCCN(C)c1cc2c(cc1C)nc1ccc(N(C)C)c(C)c1[n+]2-c1ccccc1. The fourth-order valence-corrected chi connectivity index (χ4v) is 9.24. The molecule has 8 heteroatoms. The summed E-state index contributed by atoms with van der Waals surface area (Å²) in [5.41, 5.74) is 20.0. The minimum atomic E-state index is 0.835. The number of aromatic nitrogens is 2. The lowest BCUT2D eigenvalue weighted by molar-refractivity contribution is -0.538. The molecule has 0 aliphatic heterocycles. The molecule has 2 N–H and O–H groups in total. The highest BCUT2D eigenvalue weighted by Gasteiger charge is 2.25. The highest BCUT2D eigenvalue weighted by molar-refractivity contribution is 6.00. The highest BCUT2D eigenvalue weighted by Crippen LogP contribution is 2.34. The van der Waals surface area contributed by atoms with Crippen molar-refractivity contribution in [2.45, 2.75) is 72.6 Å². The van der Waals surface area contributed by atoms with E-state index in [1.807, 2.05) is 0 Å². The van der Waals surface area contributed by atoms with E-state index in [4.69, 9.17) is 9.98 Å². The van der Waals surface area contributed by atoms with E-state index in [0.717, 1.165) is 58.7 Å². The number of hydrogen-bond donors (Lipinski definition) is 1. The molecule has 0 atom stereocenters. The van der Waals surface area contributed by atoms with Gasteiger partial charge in [-0.25, -0.2) is 9.98 Å². The molecule has 0 fully saturated rings. The molecule has 0 spiro atoms. The molecule has 322 valence electrons. The molecule has 1 heterocycles. The molecule has 62 heavy (non-hydrogen) atoms. The summed E-state index contributed by atoms with van der Waals surface area (Å²) in [7, 11) is 12.9. The number of benzene rings is 5. The first-order chi connectivity index (χ1) is 29.9. The van der Waals surface area contributed by atoms with Gasteiger partial charge < -0.3 is 19.6 Å². The molecule has 1 aliphatic carbocycles. The van der Waals surface area contributed by atoms with Crippen LogP contribution < -0.4 is 24.6 Å². The van der Waals surface area contributed by atoms with E-state index in [1.165, 1.54) is 94.9 Å². The second kappa shape index (κ2) is 19.8. The molecule has 7 rings (SSSR count). The molecule has 1 aliphatic rings. The van der Waals surface area contributed by atoms with Crippen molar-refractivity contribution < 1.29 is 9.88 Å². The van der Waals surface area contributed by atoms with Gasteiger partial charge in [0.05, 0.1) is 0 Å². The summed E-state index contributed by atoms with van der Waals surface area (Å²) in [5, 5.41) is 2.27. The number of para-hydroxylation sites is 2. The molecule has 0 bridgehead atoms. The van der Waals surface area contributed by atoms with Gasteiger partial charge in [-0.2, -0.15) is 0 Å². The Morgan fingerprint density at radius 3 is 1.90 bits per heavy atom. The zero-order valence-electron chi connectivity index (χ0n) is 39.0. The van der Waals surface area contributed by atoms with Crippen molar-refractivity contribution in [2.75, 3.05) is 70.1 Å². The zero-order valence-corrected chi connectivity index (χ0v) is 39.0. The van der Waals surface area contributed by atoms with Crippen molar-refractivity contribution in [1.29, 1.82) is 0 Å². The number of nitrogens with zero attached hydrogens (tertiary/aromatic N) is 7. The normalized spacial score (nSPS) is 13.4. The van der Waals surface area contributed by atoms with E-state index in [9.17, 15) is 0 Å². The summed E-state index contributed by atoms with van der Waals surface area (Å²) < 4.78 is 2.41. The minimum absolute atomic E-state index is 0.835. The monoisotopic (exact) mass is 829 g/mol. The molecule has 5 aromatic carbocycles. The molecule has 8 nitrogen and oxygen atoms in total. The predicted octanol–water partition coefficient (Wildman–Crippen LogP) is 11.0. The van der Waals surface area contributed by atoms with Gasteiger partial charge in [0.2, 0.25) is 16.7 Å². The Labute approximate surface area is 370 Å². The van der Waals surface area contributed by atoms with Crippen molar-refractivity contribution in [3.63, 3.8) is 0 Å². The van der Waals surface area contributed by atoms with Gasteiger partial charge in [0.25, 0.3) is 0 Å². The Morgan fingerprint density at radius 2 is 1.24 bits per heavy atom.